The van der Waals surface area contributed by atoms with Crippen molar-refractivity contribution in [1.82, 2.24) is 9.29 Å². The standard InChI is InChI=1S/C18H19N3O4S2/c1-12(26-18-20-15-9-4-5-10-16(15)25-18)17(22)19-13-7-6-8-14(11-13)27(23,24)21(2)3/h4-12H,1-3H3,(H,19,22). The zero-order chi connectivity index (χ0) is 19.6. The molecule has 2 aromatic carbocycles. The zero-order valence-electron chi connectivity index (χ0n) is 15.0. The summed E-state index contributed by atoms with van der Waals surface area (Å²) in [6, 6.07) is 13.5. The highest BCUT2D eigenvalue weighted by Crippen LogP contribution is 2.27. The molecule has 7 nitrogen and oxygen atoms in total. The number of anilines is 1. The second kappa shape index (κ2) is 7.71. The SMILES string of the molecule is CC(Sc1nc2ccccc2o1)C(=O)Nc1cccc(S(=O)(=O)N(C)C)c1. The molecule has 1 amide bonds. The van der Waals surface area contributed by atoms with Gasteiger partial charge in [-0.2, -0.15) is 0 Å². The molecule has 142 valence electrons. The Kier molecular flexibility index (Phi) is 5.54. The quantitative estimate of drug-likeness (QED) is 0.633. The fourth-order valence-electron chi connectivity index (χ4n) is 2.30. The van der Waals surface area contributed by atoms with E-state index in [1.54, 1.807) is 19.1 Å². The molecule has 9 heteroatoms. The number of fused-ring (bicyclic) bond motifs is 1. The topological polar surface area (TPSA) is 92.5 Å². The van der Waals surface area contributed by atoms with Gasteiger partial charge in [-0.1, -0.05) is 30.0 Å². The van der Waals surface area contributed by atoms with Crippen molar-refractivity contribution < 1.29 is 17.6 Å². The van der Waals surface area contributed by atoms with Crippen molar-refractivity contribution in [3.05, 3.63) is 48.5 Å². The van der Waals surface area contributed by atoms with Crippen molar-refractivity contribution in [3.63, 3.8) is 0 Å². The number of nitrogens with zero attached hydrogens (tertiary/aromatic N) is 2. The number of thioether (sulfide) groups is 1. The van der Waals surface area contributed by atoms with E-state index < -0.39 is 15.3 Å². The van der Waals surface area contributed by atoms with Crippen LogP contribution in [0.4, 0.5) is 5.69 Å². The Morgan fingerprint density at radius 3 is 2.63 bits per heavy atom. The molecule has 0 radical (unpaired) electrons. The van der Waals surface area contributed by atoms with Crippen LogP contribution in [0.2, 0.25) is 0 Å². The lowest BCUT2D eigenvalue weighted by molar-refractivity contribution is -0.115. The van der Waals surface area contributed by atoms with Crippen molar-refractivity contribution >= 4 is 44.5 Å². The van der Waals surface area contributed by atoms with Crippen molar-refractivity contribution in [2.24, 2.45) is 0 Å². The Morgan fingerprint density at radius 1 is 1.19 bits per heavy atom. The van der Waals surface area contributed by atoms with Gasteiger partial charge in [0.2, 0.25) is 15.9 Å². The summed E-state index contributed by atoms with van der Waals surface area (Å²) in [5.74, 6) is -0.276. The van der Waals surface area contributed by atoms with Gasteiger partial charge < -0.3 is 9.73 Å². The summed E-state index contributed by atoms with van der Waals surface area (Å²) in [4.78, 5) is 16.9. The van der Waals surface area contributed by atoms with Crippen LogP contribution in [0.15, 0.2) is 63.1 Å². The second-order valence-corrected chi connectivity index (χ2v) is 9.46. The molecule has 0 saturated carbocycles. The predicted octanol–water partition coefficient (Wildman–Crippen LogP) is 3.20. The Labute approximate surface area is 161 Å². The number of carbonyl (C=O) groups is 1. The van der Waals surface area contributed by atoms with Gasteiger partial charge >= 0.3 is 0 Å². The number of benzene rings is 2. The van der Waals surface area contributed by atoms with Crippen LogP contribution < -0.4 is 5.32 Å². The van der Waals surface area contributed by atoms with Crippen LogP contribution in [0.1, 0.15) is 6.92 Å². The Balaban J connectivity index is 1.71. The van der Waals surface area contributed by atoms with Crippen LogP contribution in [-0.2, 0) is 14.8 Å². The number of hydrogen-bond donors (Lipinski definition) is 1. The molecular weight excluding hydrogens is 386 g/mol. The molecule has 1 heterocycles. The van der Waals surface area contributed by atoms with E-state index >= 15 is 0 Å². The molecule has 1 aromatic heterocycles. The number of hydrogen-bond acceptors (Lipinski definition) is 6. The first-order valence-electron chi connectivity index (χ1n) is 8.13. The van der Waals surface area contributed by atoms with Crippen molar-refractivity contribution in [3.8, 4) is 0 Å². The summed E-state index contributed by atoms with van der Waals surface area (Å²) in [7, 11) is -0.651. The van der Waals surface area contributed by atoms with E-state index in [1.165, 1.54) is 38.0 Å². The molecule has 0 saturated heterocycles. The van der Waals surface area contributed by atoms with Gasteiger partial charge in [-0.15, -0.1) is 0 Å². The molecule has 3 rings (SSSR count). The first-order valence-corrected chi connectivity index (χ1v) is 10.4. The first kappa shape index (κ1) is 19.4. The lowest BCUT2D eigenvalue weighted by Gasteiger charge is -2.14. The number of nitrogens with one attached hydrogen (secondary N) is 1. The predicted molar refractivity (Wildman–Crippen MR) is 105 cm³/mol. The van der Waals surface area contributed by atoms with Crippen molar-refractivity contribution in [2.75, 3.05) is 19.4 Å². The lowest BCUT2D eigenvalue weighted by Crippen LogP contribution is -2.24. The van der Waals surface area contributed by atoms with Crippen LogP contribution in [0, 0.1) is 0 Å². The van der Waals surface area contributed by atoms with Crippen LogP contribution in [-0.4, -0.2) is 43.0 Å². The Morgan fingerprint density at radius 2 is 1.93 bits per heavy atom. The van der Waals surface area contributed by atoms with Gasteiger partial charge in [0.15, 0.2) is 5.58 Å². The summed E-state index contributed by atoms with van der Waals surface area (Å²) in [6.45, 7) is 1.73. The summed E-state index contributed by atoms with van der Waals surface area (Å²) < 4.78 is 31.2. The number of carbonyl (C=O) groups excluding carboxylic acids is 1. The number of aromatic nitrogens is 1. The van der Waals surface area contributed by atoms with Gasteiger partial charge in [0.1, 0.15) is 5.52 Å². The van der Waals surface area contributed by atoms with Crippen molar-refractivity contribution in [1.29, 1.82) is 0 Å². The monoisotopic (exact) mass is 405 g/mol. The van der Waals surface area contributed by atoms with Gasteiger partial charge in [-0.3, -0.25) is 4.79 Å². The minimum Gasteiger partial charge on any atom is -0.431 e. The molecule has 0 aliphatic carbocycles. The maximum Gasteiger partial charge on any atom is 0.257 e. The van der Waals surface area contributed by atoms with E-state index in [9.17, 15) is 13.2 Å². The first-order chi connectivity index (χ1) is 12.8. The van der Waals surface area contributed by atoms with Crippen LogP contribution in [0.5, 0.6) is 0 Å². The molecule has 1 atom stereocenters. The Bertz CT molecular complexity index is 1040. The summed E-state index contributed by atoms with van der Waals surface area (Å²) in [5.41, 5.74) is 1.80. The molecule has 27 heavy (non-hydrogen) atoms. The minimum atomic E-state index is -3.57. The zero-order valence-corrected chi connectivity index (χ0v) is 16.7. The fraction of sp³-hybridized carbons (Fsp3) is 0.222. The summed E-state index contributed by atoms with van der Waals surface area (Å²) in [6.07, 6.45) is 0. The van der Waals surface area contributed by atoms with E-state index in [4.69, 9.17) is 4.42 Å². The lowest BCUT2D eigenvalue weighted by atomic mass is 10.3. The molecule has 0 bridgehead atoms. The molecule has 0 spiro atoms. The molecule has 3 aromatic rings. The molecule has 1 unspecified atom stereocenters. The molecular formula is C18H19N3O4S2. The average Bonchev–Trinajstić information content (AvgIpc) is 3.04. The van der Waals surface area contributed by atoms with Gasteiger partial charge in [0.25, 0.3) is 5.22 Å². The van der Waals surface area contributed by atoms with Crippen molar-refractivity contribution in [2.45, 2.75) is 22.3 Å². The summed E-state index contributed by atoms with van der Waals surface area (Å²) >= 11 is 1.20. The van der Waals surface area contributed by atoms with E-state index in [2.05, 4.69) is 10.3 Å². The van der Waals surface area contributed by atoms with Crippen LogP contribution in [0.25, 0.3) is 11.1 Å². The van der Waals surface area contributed by atoms with E-state index in [1.807, 2.05) is 24.3 Å². The maximum absolute atomic E-state index is 12.5. The third-order valence-corrected chi connectivity index (χ3v) is 6.56. The van der Waals surface area contributed by atoms with E-state index in [-0.39, 0.29) is 10.8 Å². The highest BCUT2D eigenvalue weighted by Gasteiger charge is 2.20. The van der Waals surface area contributed by atoms with Crippen LogP contribution in [0.3, 0.4) is 0 Å². The van der Waals surface area contributed by atoms with Gasteiger partial charge in [0, 0.05) is 19.8 Å². The summed E-state index contributed by atoms with van der Waals surface area (Å²) in [5, 5.41) is 2.66. The van der Waals surface area contributed by atoms with Gasteiger partial charge in [-0.25, -0.2) is 17.7 Å². The molecule has 0 aliphatic heterocycles. The van der Waals surface area contributed by atoms with Crippen LogP contribution >= 0.6 is 11.8 Å². The normalized spacial score (nSPS) is 13.0. The maximum atomic E-state index is 12.5. The van der Waals surface area contributed by atoms with E-state index in [0.717, 1.165) is 9.82 Å². The van der Waals surface area contributed by atoms with E-state index in [0.29, 0.717) is 16.5 Å². The minimum absolute atomic E-state index is 0.115. The van der Waals surface area contributed by atoms with Gasteiger partial charge in [0.05, 0.1) is 10.1 Å². The number of rotatable bonds is 6. The number of para-hydroxylation sites is 2. The average molecular weight is 406 g/mol. The molecule has 0 aliphatic rings. The fourth-order valence-corrected chi connectivity index (χ4v) is 4.00. The number of amides is 1. The smallest absolute Gasteiger partial charge is 0.257 e. The third kappa shape index (κ3) is 4.32. The molecule has 1 N–H and O–H groups in total. The Hall–Kier alpha value is -2.36. The number of oxazole rings is 1. The highest BCUT2D eigenvalue weighted by atomic mass is 32.2. The highest BCUT2D eigenvalue weighted by molar-refractivity contribution is 8.00. The molecule has 0 fully saturated rings. The third-order valence-electron chi connectivity index (χ3n) is 3.80. The second-order valence-electron chi connectivity index (χ2n) is 6.01. The van der Waals surface area contributed by atoms with Gasteiger partial charge in [-0.05, 0) is 37.3 Å². The largest absolute Gasteiger partial charge is 0.431 e. The number of sulfonamides is 1.